The summed E-state index contributed by atoms with van der Waals surface area (Å²) < 4.78 is 10.6. The summed E-state index contributed by atoms with van der Waals surface area (Å²) in [5.41, 5.74) is 1.47. The highest BCUT2D eigenvalue weighted by molar-refractivity contribution is 6.30. The van der Waals surface area contributed by atoms with Crippen LogP contribution in [0.4, 0.5) is 0 Å². The fourth-order valence-corrected chi connectivity index (χ4v) is 1.79. The van der Waals surface area contributed by atoms with Gasteiger partial charge in [0, 0.05) is 18.5 Å². The van der Waals surface area contributed by atoms with Crippen molar-refractivity contribution in [3.63, 3.8) is 0 Å². The van der Waals surface area contributed by atoms with E-state index in [-0.39, 0.29) is 6.61 Å². The summed E-state index contributed by atoms with van der Waals surface area (Å²) in [6, 6.07) is 7.26. The number of halogens is 1. The first kappa shape index (κ1) is 15.6. The molecule has 2 aromatic heterocycles. The van der Waals surface area contributed by atoms with Crippen LogP contribution in [-0.2, 0) is 6.42 Å². The molecule has 2 rings (SSSR count). The van der Waals surface area contributed by atoms with Gasteiger partial charge < -0.3 is 9.47 Å². The smallest absolute Gasteiger partial charge is 0.258 e. The third-order valence-electron chi connectivity index (χ3n) is 2.61. The van der Waals surface area contributed by atoms with Crippen molar-refractivity contribution in [1.82, 2.24) is 9.97 Å². The molecule has 0 atom stereocenters. The van der Waals surface area contributed by atoms with Gasteiger partial charge in [0.25, 0.3) is 5.88 Å². The summed E-state index contributed by atoms with van der Waals surface area (Å²) in [6.45, 7) is 0.134. The summed E-state index contributed by atoms with van der Waals surface area (Å²) in [7, 11) is 1.51. The van der Waals surface area contributed by atoms with Gasteiger partial charge >= 0.3 is 0 Å². The van der Waals surface area contributed by atoms with Gasteiger partial charge in [-0.3, -0.25) is 0 Å². The van der Waals surface area contributed by atoms with Crippen molar-refractivity contribution >= 4 is 11.6 Å². The molecule has 0 unspecified atom stereocenters. The topological polar surface area (TPSA) is 68.0 Å². The lowest BCUT2D eigenvalue weighted by molar-refractivity contribution is 0.318. The maximum atomic E-state index is 8.66. The van der Waals surface area contributed by atoms with Crippen molar-refractivity contribution < 1.29 is 9.47 Å². The Morgan fingerprint density at radius 3 is 2.95 bits per heavy atom. The van der Waals surface area contributed by atoms with Crippen molar-refractivity contribution in [2.45, 2.75) is 6.42 Å². The van der Waals surface area contributed by atoms with E-state index in [4.69, 9.17) is 26.3 Å². The molecule has 0 aromatic carbocycles. The molecule has 0 saturated heterocycles. The molecule has 22 heavy (non-hydrogen) atoms. The summed E-state index contributed by atoms with van der Waals surface area (Å²) in [4.78, 5) is 8.15. The zero-order valence-corrected chi connectivity index (χ0v) is 12.6. The second-order valence-corrected chi connectivity index (χ2v) is 4.57. The molecule has 0 fully saturated rings. The lowest BCUT2D eigenvalue weighted by Gasteiger charge is -2.06. The normalized spacial score (nSPS) is 9.32. The molecular weight excluding hydrogens is 302 g/mol. The van der Waals surface area contributed by atoms with Crippen LogP contribution in [0.2, 0.25) is 5.02 Å². The Labute approximate surface area is 133 Å². The van der Waals surface area contributed by atoms with Gasteiger partial charge in [-0.2, -0.15) is 5.26 Å². The number of nitrogens with zero attached hydrogens (tertiary/aromatic N) is 3. The van der Waals surface area contributed by atoms with Crippen LogP contribution in [0.1, 0.15) is 11.3 Å². The van der Waals surface area contributed by atoms with Crippen LogP contribution >= 0.6 is 11.6 Å². The number of nitriles is 1. The lowest BCUT2D eigenvalue weighted by Crippen LogP contribution is -1.99. The minimum absolute atomic E-state index is 0.134. The quantitative estimate of drug-likeness (QED) is 0.812. The van der Waals surface area contributed by atoms with E-state index < -0.39 is 0 Å². The zero-order chi connectivity index (χ0) is 15.8. The molecule has 0 amide bonds. The van der Waals surface area contributed by atoms with Gasteiger partial charge in [0.15, 0.2) is 12.4 Å². The number of pyridine rings is 2. The monoisotopic (exact) mass is 313 g/mol. The standard InChI is InChI=1S/C16H12ClN3O2/c1-21-15-10-13(17)11-20-16(15)22-8-2-3-14-9-12(4-6-18)5-7-19-14/h5,7,9-11H,4,8H2,1H3. The minimum atomic E-state index is 0.134. The maximum Gasteiger partial charge on any atom is 0.258 e. The van der Waals surface area contributed by atoms with Crippen LogP contribution in [0.25, 0.3) is 0 Å². The molecule has 0 aliphatic carbocycles. The van der Waals surface area contributed by atoms with Gasteiger partial charge in [-0.15, -0.1) is 0 Å². The highest BCUT2D eigenvalue weighted by Crippen LogP contribution is 2.26. The van der Waals surface area contributed by atoms with Crippen molar-refractivity contribution in [2.24, 2.45) is 0 Å². The third kappa shape index (κ3) is 4.37. The third-order valence-corrected chi connectivity index (χ3v) is 2.82. The minimum Gasteiger partial charge on any atom is -0.491 e. The van der Waals surface area contributed by atoms with Crippen molar-refractivity contribution in [1.29, 1.82) is 5.26 Å². The zero-order valence-electron chi connectivity index (χ0n) is 11.8. The molecular formula is C16H12ClN3O2. The van der Waals surface area contributed by atoms with Crippen LogP contribution in [-0.4, -0.2) is 23.7 Å². The van der Waals surface area contributed by atoms with Gasteiger partial charge in [-0.25, -0.2) is 9.97 Å². The van der Waals surface area contributed by atoms with Crippen LogP contribution in [0.15, 0.2) is 30.6 Å². The molecule has 6 heteroatoms. The Balaban J connectivity index is 2.00. The largest absolute Gasteiger partial charge is 0.491 e. The Kier molecular flexibility index (Phi) is 5.59. The summed E-state index contributed by atoms with van der Waals surface area (Å²) >= 11 is 5.82. The van der Waals surface area contributed by atoms with Gasteiger partial charge in [-0.05, 0) is 23.6 Å². The first-order valence-electron chi connectivity index (χ1n) is 6.36. The Morgan fingerprint density at radius 1 is 1.32 bits per heavy atom. The Bertz CT molecular complexity index is 760. The molecule has 0 aliphatic heterocycles. The van der Waals surface area contributed by atoms with E-state index in [0.29, 0.717) is 28.8 Å². The molecule has 2 aromatic rings. The average molecular weight is 314 g/mol. The number of rotatable bonds is 4. The van der Waals surface area contributed by atoms with E-state index in [2.05, 4.69) is 27.9 Å². The lowest BCUT2D eigenvalue weighted by atomic mass is 10.2. The molecule has 0 saturated carbocycles. The number of hydrogen-bond donors (Lipinski definition) is 0. The van der Waals surface area contributed by atoms with E-state index in [9.17, 15) is 0 Å². The van der Waals surface area contributed by atoms with Gasteiger partial charge in [-0.1, -0.05) is 17.5 Å². The number of hydrogen-bond acceptors (Lipinski definition) is 5. The predicted octanol–water partition coefficient (Wildman–Crippen LogP) is 2.64. The Morgan fingerprint density at radius 2 is 2.18 bits per heavy atom. The van der Waals surface area contributed by atoms with Crippen LogP contribution in [0.5, 0.6) is 11.6 Å². The second kappa shape index (κ2) is 7.87. The fourth-order valence-electron chi connectivity index (χ4n) is 1.64. The molecule has 0 N–H and O–H groups in total. The van der Waals surface area contributed by atoms with Gasteiger partial charge in [0.1, 0.15) is 5.69 Å². The number of methoxy groups -OCH3 is 1. The van der Waals surface area contributed by atoms with Gasteiger partial charge in [0.2, 0.25) is 0 Å². The molecule has 5 nitrogen and oxygen atoms in total. The fraction of sp³-hybridized carbons (Fsp3) is 0.188. The van der Waals surface area contributed by atoms with E-state index in [0.717, 1.165) is 5.56 Å². The van der Waals surface area contributed by atoms with Crippen LogP contribution < -0.4 is 9.47 Å². The molecule has 0 radical (unpaired) electrons. The highest BCUT2D eigenvalue weighted by atomic mass is 35.5. The summed E-state index contributed by atoms with van der Waals surface area (Å²) in [6.07, 6.45) is 3.43. The van der Waals surface area contributed by atoms with Gasteiger partial charge in [0.05, 0.1) is 24.6 Å². The highest BCUT2D eigenvalue weighted by Gasteiger charge is 2.05. The van der Waals surface area contributed by atoms with E-state index >= 15 is 0 Å². The summed E-state index contributed by atoms with van der Waals surface area (Å²) in [5, 5.41) is 9.13. The SMILES string of the molecule is COc1cc(Cl)cnc1OCC#Cc1cc(CC#N)ccn1. The number of ether oxygens (including phenoxy) is 2. The Hall–Kier alpha value is -2.76. The maximum absolute atomic E-state index is 8.66. The first-order valence-corrected chi connectivity index (χ1v) is 6.74. The van der Waals surface area contributed by atoms with E-state index in [1.807, 2.05) is 0 Å². The van der Waals surface area contributed by atoms with E-state index in [1.165, 1.54) is 13.3 Å². The summed E-state index contributed by atoms with van der Waals surface area (Å²) in [5.74, 6) is 6.49. The van der Waals surface area contributed by atoms with Crippen LogP contribution in [0.3, 0.4) is 0 Å². The molecule has 0 spiro atoms. The average Bonchev–Trinajstić information content (AvgIpc) is 2.53. The van der Waals surface area contributed by atoms with Crippen molar-refractivity contribution in [3.05, 3.63) is 46.9 Å². The number of aromatic nitrogens is 2. The van der Waals surface area contributed by atoms with Crippen molar-refractivity contribution in [3.8, 4) is 29.5 Å². The predicted molar refractivity (Wildman–Crippen MR) is 81.7 cm³/mol. The molecule has 0 bridgehead atoms. The van der Waals surface area contributed by atoms with E-state index in [1.54, 1.807) is 24.4 Å². The van der Waals surface area contributed by atoms with Crippen LogP contribution in [0, 0.1) is 23.2 Å². The molecule has 110 valence electrons. The molecule has 2 heterocycles. The molecule has 0 aliphatic rings. The van der Waals surface area contributed by atoms with Crippen molar-refractivity contribution in [2.75, 3.05) is 13.7 Å². The first-order chi connectivity index (χ1) is 10.7. The second-order valence-electron chi connectivity index (χ2n) is 4.14.